The number of likely N-dealkylation sites (tertiary alicyclic amines) is 1. The minimum absolute atomic E-state index is 0.0632. The maximum atomic E-state index is 14.5. The molecule has 0 aliphatic carbocycles. The van der Waals surface area contributed by atoms with Crippen LogP contribution in [0.15, 0.2) is 54.6 Å². The molecule has 4 aliphatic rings. The topological polar surface area (TPSA) is 120 Å². The lowest BCUT2D eigenvalue weighted by molar-refractivity contribution is -0.142. The van der Waals surface area contributed by atoms with Crippen molar-refractivity contribution in [1.82, 2.24) is 15.1 Å². The number of carbonyl (C=O) groups excluding carboxylic acids is 3. The van der Waals surface area contributed by atoms with E-state index in [1.807, 2.05) is 49.4 Å². The minimum atomic E-state index is -0.801. The fourth-order valence-corrected chi connectivity index (χ4v) is 9.55. The third-order valence-corrected chi connectivity index (χ3v) is 11.2. The summed E-state index contributed by atoms with van der Waals surface area (Å²) in [7, 11) is 0. The highest BCUT2D eigenvalue weighted by molar-refractivity contribution is 8.02. The van der Waals surface area contributed by atoms with Crippen molar-refractivity contribution in [1.29, 1.82) is 0 Å². The molecular weight excluding hydrogens is 568 g/mol. The summed E-state index contributed by atoms with van der Waals surface area (Å²) in [5.41, 5.74) is 1.39. The molecule has 3 N–H and O–H groups in total. The number of hydrogen-bond acceptors (Lipinski definition) is 8. The number of fused-ring (bicyclic) bond motifs is 1. The smallest absolute Gasteiger partial charge is 0.244 e. The van der Waals surface area contributed by atoms with Crippen LogP contribution in [0.4, 0.5) is 5.69 Å². The number of anilines is 1. The number of nitrogens with zero attached hydrogens (tertiary/aromatic N) is 2. The average Bonchev–Trinajstić information content (AvgIpc) is 3.67. The van der Waals surface area contributed by atoms with Gasteiger partial charge < -0.3 is 30.1 Å². The van der Waals surface area contributed by atoms with Crippen molar-refractivity contribution in [3.8, 4) is 5.75 Å². The van der Waals surface area contributed by atoms with E-state index < -0.39 is 28.7 Å². The summed E-state index contributed by atoms with van der Waals surface area (Å²) in [4.78, 5) is 46.3. The number of benzene rings is 2. The predicted molar refractivity (Wildman–Crippen MR) is 164 cm³/mol. The van der Waals surface area contributed by atoms with Gasteiger partial charge in [0.25, 0.3) is 0 Å². The number of amides is 3. The lowest BCUT2D eigenvalue weighted by atomic mass is 9.70. The van der Waals surface area contributed by atoms with E-state index in [1.165, 1.54) is 0 Å². The molecule has 4 fully saturated rings. The Morgan fingerprint density at radius 3 is 2.56 bits per heavy atom. The van der Waals surface area contributed by atoms with Gasteiger partial charge in [-0.3, -0.25) is 19.3 Å². The largest absolute Gasteiger partial charge is 0.494 e. The van der Waals surface area contributed by atoms with Crippen molar-refractivity contribution in [2.45, 2.75) is 41.8 Å². The Labute approximate surface area is 256 Å². The Morgan fingerprint density at radius 1 is 1.12 bits per heavy atom. The second-order valence-electron chi connectivity index (χ2n) is 11.6. The first kappa shape index (κ1) is 29.9. The van der Waals surface area contributed by atoms with Gasteiger partial charge in [-0.05, 0) is 49.6 Å². The molecular formula is C32H40N4O6S. The predicted octanol–water partition coefficient (Wildman–Crippen LogP) is 2.30. The molecule has 0 radical (unpaired) electrons. The Balaban J connectivity index is 1.27. The monoisotopic (exact) mass is 608 g/mol. The molecule has 2 aromatic carbocycles. The van der Waals surface area contributed by atoms with Crippen LogP contribution in [0.2, 0.25) is 0 Å². The molecule has 0 aromatic heterocycles. The zero-order valence-corrected chi connectivity index (χ0v) is 25.3. The highest BCUT2D eigenvalue weighted by Crippen LogP contribution is 2.67. The Bertz CT molecular complexity index is 1310. The third kappa shape index (κ3) is 5.63. The molecule has 2 unspecified atom stereocenters. The summed E-state index contributed by atoms with van der Waals surface area (Å²) in [6, 6.07) is 15.1. The van der Waals surface area contributed by atoms with Crippen LogP contribution in [-0.4, -0.2) is 101 Å². The number of rotatable bonds is 11. The van der Waals surface area contributed by atoms with Gasteiger partial charge in [-0.2, -0.15) is 0 Å². The van der Waals surface area contributed by atoms with E-state index in [9.17, 15) is 19.5 Å². The summed E-state index contributed by atoms with van der Waals surface area (Å²) in [5.74, 6) is -1.20. The van der Waals surface area contributed by atoms with E-state index in [1.54, 1.807) is 28.8 Å². The maximum Gasteiger partial charge on any atom is 0.244 e. The van der Waals surface area contributed by atoms with Gasteiger partial charge in [-0.1, -0.05) is 30.3 Å². The van der Waals surface area contributed by atoms with E-state index in [-0.39, 0.29) is 29.6 Å². The molecule has 4 heterocycles. The van der Waals surface area contributed by atoms with Crippen molar-refractivity contribution >= 4 is 35.2 Å². The zero-order chi connectivity index (χ0) is 30.0. The fraction of sp³-hybridized carbons (Fsp3) is 0.531. The quantitative estimate of drug-likeness (QED) is 0.356. The first-order valence-corrected chi connectivity index (χ1v) is 16.1. The van der Waals surface area contributed by atoms with Crippen molar-refractivity contribution < 1.29 is 29.0 Å². The number of hydrogen-bond donors (Lipinski definition) is 3. The van der Waals surface area contributed by atoms with Gasteiger partial charge in [-0.25, -0.2) is 0 Å². The summed E-state index contributed by atoms with van der Waals surface area (Å²) >= 11 is 1.62. The number of thioether (sulfide) groups is 1. The maximum absolute atomic E-state index is 14.5. The average molecular weight is 609 g/mol. The van der Waals surface area contributed by atoms with Crippen molar-refractivity contribution in [3.63, 3.8) is 0 Å². The third-order valence-electron chi connectivity index (χ3n) is 9.25. The second-order valence-corrected chi connectivity index (χ2v) is 13.2. The first-order chi connectivity index (χ1) is 21.0. The molecule has 4 saturated heterocycles. The van der Waals surface area contributed by atoms with E-state index in [0.29, 0.717) is 45.0 Å². The summed E-state index contributed by atoms with van der Waals surface area (Å²) < 4.78 is 10.2. The van der Waals surface area contributed by atoms with Crippen LogP contribution in [0.5, 0.6) is 5.75 Å². The van der Waals surface area contributed by atoms with Crippen LogP contribution in [0.3, 0.4) is 0 Å². The zero-order valence-electron chi connectivity index (χ0n) is 24.4. The molecule has 2 aromatic rings. The van der Waals surface area contributed by atoms with Gasteiger partial charge in [-0.15, -0.1) is 11.8 Å². The van der Waals surface area contributed by atoms with Crippen LogP contribution >= 0.6 is 11.8 Å². The number of ether oxygens (including phenoxy) is 2. The van der Waals surface area contributed by atoms with Crippen LogP contribution in [0.25, 0.3) is 0 Å². The van der Waals surface area contributed by atoms with Gasteiger partial charge in [0.05, 0.1) is 49.1 Å². The van der Waals surface area contributed by atoms with E-state index in [4.69, 9.17) is 9.47 Å². The Morgan fingerprint density at radius 2 is 1.86 bits per heavy atom. The van der Waals surface area contributed by atoms with E-state index in [0.717, 1.165) is 30.8 Å². The van der Waals surface area contributed by atoms with E-state index >= 15 is 0 Å². The molecule has 6 rings (SSSR count). The molecule has 4 aliphatic heterocycles. The molecule has 3 amide bonds. The van der Waals surface area contributed by atoms with E-state index in [2.05, 4.69) is 15.5 Å². The minimum Gasteiger partial charge on any atom is -0.494 e. The lowest BCUT2D eigenvalue weighted by Crippen LogP contribution is -2.55. The standard InChI is InChI=1S/C32H40N4O6S/c1-2-42-23-10-8-22(9-11-23)34-29(38)26-25-12-13-32(43-25)27(26)31(40)36(24(20-37)21-6-4-3-5-7-21)28(32)30(39)33-14-15-35-16-18-41-19-17-35/h3-11,24-28,37H,2,12-20H2,1H3,(H,33,39)(H,34,38)/t24-,25-,26+,27+,28?,32?/m1/s1. The molecule has 43 heavy (non-hydrogen) atoms. The lowest BCUT2D eigenvalue weighted by Gasteiger charge is -2.37. The summed E-state index contributed by atoms with van der Waals surface area (Å²) in [6.07, 6.45) is 1.41. The molecule has 10 nitrogen and oxygen atoms in total. The highest BCUT2D eigenvalue weighted by Gasteiger charge is 2.74. The molecule has 1 spiro atoms. The number of nitrogens with one attached hydrogen (secondary N) is 2. The number of aliphatic hydroxyl groups is 1. The van der Waals surface area contributed by atoms with Gasteiger partial charge in [0, 0.05) is 37.1 Å². The Kier molecular flexibility index (Phi) is 8.95. The fourth-order valence-electron chi connectivity index (χ4n) is 7.34. The number of carbonyl (C=O) groups is 3. The van der Waals surface area contributed by atoms with Crippen molar-refractivity contribution in [2.75, 3.05) is 57.9 Å². The molecule has 230 valence electrons. The normalized spacial score (nSPS) is 28.9. The molecule has 0 saturated carbocycles. The van der Waals surface area contributed by atoms with Gasteiger partial charge in [0.15, 0.2) is 0 Å². The van der Waals surface area contributed by atoms with Gasteiger partial charge >= 0.3 is 0 Å². The highest BCUT2D eigenvalue weighted by atomic mass is 32.2. The van der Waals surface area contributed by atoms with Crippen LogP contribution in [0, 0.1) is 11.8 Å². The van der Waals surface area contributed by atoms with Gasteiger partial charge in [0.1, 0.15) is 11.8 Å². The second kappa shape index (κ2) is 12.9. The number of morpholine rings is 1. The summed E-state index contributed by atoms with van der Waals surface area (Å²) in [6.45, 7) is 6.27. The summed E-state index contributed by atoms with van der Waals surface area (Å²) in [5, 5.41) is 16.7. The van der Waals surface area contributed by atoms with Crippen molar-refractivity contribution in [2.24, 2.45) is 11.8 Å². The van der Waals surface area contributed by atoms with Crippen molar-refractivity contribution in [3.05, 3.63) is 60.2 Å². The molecule has 2 bridgehead atoms. The number of aliphatic hydroxyl groups excluding tert-OH is 1. The van der Waals surface area contributed by atoms with Gasteiger partial charge in [0.2, 0.25) is 17.7 Å². The molecule has 11 heteroatoms. The SMILES string of the molecule is CCOc1ccc(NC(=O)[C@@H]2[C@H]3C(=O)N([C@H](CO)c4ccccc4)C(C(=O)NCCN4CCOCC4)C34CC[C@H]2S4)cc1. The van der Waals surface area contributed by atoms with Crippen LogP contribution in [0.1, 0.15) is 31.4 Å². The molecule has 6 atom stereocenters. The van der Waals surface area contributed by atoms with Crippen LogP contribution < -0.4 is 15.4 Å². The van der Waals surface area contributed by atoms with Crippen LogP contribution in [-0.2, 0) is 19.1 Å². The first-order valence-electron chi connectivity index (χ1n) is 15.2. The Hall–Kier alpha value is -3.12.